The number of para-hydroxylation sites is 1. The Bertz CT molecular complexity index is 1430. The summed E-state index contributed by atoms with van der Waals surface area (Å²) in [5.74, 6) is 2.72. The molecule has 0 amide bonds. The molecule has 4 nitrogen and oxygen atoms in total. The summed E-state index contributed by atoms with van der Waals surface area (Å²) in [6.45, 7) is 4.00. The van der Waals surface area contributed by atoms with Gasteiger partial charge in [-0.25, -0.2) is 0 Å². The summed E-state index contributed by atoms with van der Waals surface area (Å²) in [6.07, 6.45) is 0. The summed E-state index contributed by atoms with van der Waals surface area (Å²) in [5, 5.41) is 0.190. The fourth-order valence-corrected chi connectivity index (χ4v) is 6.15. The van der Waals surface area contributed by atoms with E-state index in [9.17, 15) is 9.13 Å². The van der Waals surface area contributed by atoms with Crippen molar-refractivity contribution in [2.75, 3.05) is 27.2 Å². The van der Waals surface area contributed by atoms with E-state index >= 15 is 0 Å². The fourth-order valence-electron chi connectivity index (χ4n) is 3.33. The molecular weight excluding hydrogens is 1030 g/mol. The van der Waals surface area contributed by atoms with Gasteiger partial charge >= 0.3 is 77.4 Å². The van der Waals surface area contributed by atoms with Crippen LogP contribution in [0.2, 0.25) is 5.02 Å². The summed E-state index contributed by atoms with van der Waals surface area (Å²) in [5.41, 5.74) is 0. The van der Waals surface area contributed by atoms with Crippen molar-refractivity contribution in [2.24, 2.45) is 0 Å². The van der Waals surface area contributed by atoms with Crippen molar-refractivity contribution >= 4 is 162 Å². The molecule has 17 heteroatoms. The molecule has 0 aliphatic rings. The van der Waals surface area contributed by atoms with Gasteiger partial charge in [0.25, 0.3) is 0 Å². The molecule has 0 heterocycles. The first-order chi connectivity index (χ1) is 24.0. The van der Waals surface area contributed by atoms with Crippen LogP contribution >= 0.6 is 73.6 Å². The second kappa shape index (κ2) is 67.2. The first-order valence-corrected chi connectivity index (χ1v) is 31.2. The van der Waals surface area contributed by atoms with Gasteiger partial charge in [-0.1, -0.05) is 221 Å². The minimum atomic E-state index is -3.22. The molecule has 0 fully saturated rings. The Morgan fingerprint density at radius 2 is 0.683 bits per heavy atom. The van der Waals surface area contributed by atoms with Gasteiger partial charge in [0.1, 0.15) is 5.75 Å². The maximum absolute atomic E-state index is 13.8. The number of ether oxygens (including phenoxy) is 2. The number of hydrogen-bond donors (Lipinski definition) is 0. The fraction of sp³-hybridized carbons (Fsp3) is 0.302. The molecule has 0 radical (unpaired) electrons. The number of alkyl halides is 1. The summed E-state index contributed by atoms with van der Waals surface area (Å²) in [6, 6.07) is 48.3. The molecule has 0 spiro atoms. The van der Waals surface area contributed by atoms with E-state index < -0.39 is 12.3 Å². The van der Waals surface area contributed by atoms with Crippen LogP contribution in [0.3, 0.4) is 0 Å². The van der Waals surface area contributed by atoms with Crippen LogP contribution in [0.1, 0.15) is 68.7 Å². The Morgan fingerprint density at radius 3 is 0.817 bits per heavy atom. The van der Waals surface area contributed by atoms with Gasteiger partial charge in [-0.15, -0.1) is 0 Å². The number of benzene rings is 5. The topological polar surface area (TPSA) is 52.6 Å². The molecule has 0 bridgehead atoms. The van der Waals surface area contributed by atoms with Crippen LogP contribution in [0, 0.1) is 0 Å². The van der Waals surface area contributed by atoms with Gasteiger partial charge in [-0.3, -0.25) is 4.57 Å². The van der Waals surface area contributed by atoms with Crippen LogP contribution in [-0.4, -0.2) is 99.4 Å². The molecule has 0 saturated heterocycles. The van der Waals surface area contributed by atoms with Gasteiger partial charge in [-0.2, -0.15) is 0 Å². The molecule has 336 valence electrons. The number of rotatable bonds is 4. The van der Waals surface area contributed by atoms with Gasteiger partial charge < -0.3 is 41.7 Å². The first kappa shape index (κ1) is 95.8. The molecule has 0 saturated carbocycles. The van der Waals surface area contributed by atoms with Gasteiger partial charge in [0, 0.05) is 35.2 Å². The average molecular weight is 1110 g/mol. The molecule has 60 heavy (non-hydrogen) atoms. The van der Waals surface area contributed by atoms with Crippen molar-refractivity contribution in [3.8, 4) is 5.75 Å². The predicted octanol–water partition coefficient (Wildman–Crippen LogP) is 9.63. The zero-order valence-corrected chi connectivity index (χ0v) is 44.5. The van der Waals surface area contributed by atoms with Crippen molar-refractivity contribution in [1.29, 1.82) is 0 Å². The SMILES string of the molecule is C.C.C.C.C.C.C.CBr.CC.COC.COc1ccccc1.Clc1ccccc1.O=P(Cl)(Cl)Cl.O=P(c1ccccc1)(c1ccccc1)c1ccccc1.[Cl-].[Cl-].[H-].[H-].[Mg+2].[Mg+][Mg][Mg+]. The van der Waals surface area contributed by atoms with E-state index in [0.717, 1.165) is 26.7 Å². The number of methoxy groups -OCH3 is 2. The number of hydrogen-bond acceptors (Lipinski definition) is 4. The van der Waals surface area contributed by atoms with Crippen LogP contribution in [0.4, 0.5) is 0 Å². The van der Waals surface area contributed by atoms with Crippen LogP contribution in [0.15, 0.2) is 152 Å². The monoisotopic (exact) mass is 1100 g/mol. The van der Waals surface area contributed by atoms with E-state index in [4.69, 9.17) is 16.3 Å². The zero-order valence-electron chi connectivity index (χ0n) is 32.9. The van der Waals surface area contributed by atoms with Crippen LogP contribution in [-0.2, 0) is 13.9 Å². The molecule has 5 aromatic rings. The Balaban J connectivity index is -0.0000000351. The third-order valence-electron chi connectivity index (χ3n) is 5.07. The molecule has 5 rings (SSSR count). The van der Waals surface area contributed by atoms with Gasteiger partial charge in [-0.05, 0) is 63.8 Å². The van der Waals surface area contributed by atoms with Crippen molar-refractivity contribution in [3.05, 3.63) is 157 Å². The summed E-state index contributed by atoms with van der Waals surface area (Å²) in [4.78, 5) is 0. The second-order valence-electron chi connectivity index (χ2n) is 8.59. The van der Waals surface area contributed by atoms with E-state index in [1.165, 1.54) is 0 Å². The van der Waals surface area contributed by atoms with E-state index in [1.54, 1.807) is 21.3 Å². The molecule has 5 aromatic carbocycles. The van der Waals surface area contributed by atoms with E-state index in [0.29, 0.717) is 13.1 Å². The second-order valence-corrected chi connectivity index (χ2v) is 27.6. The summed E-state index contributed by atoms with van der Waals surface area (Å²) < 4.78 is 32.5. The van der Waals surface area contributed by atoms with Crippen molar-refractivity contribution in [2.45, 2.75) is 65.8 Å². The standard InChI is InChI=1S/C18H15OP.C7H8O.C6H5Cl.C2H6O.C2H6.CH3Br.7CH4.Cl3OP.2ClH.4Mg.2H/c19-20(16-10-4-1-5-11-16,17-12-6-2-7-13-17)18-14-8-3-9-15-18;1-8-7-5-3-2-4-6-7;7-6-4-2-1-3-5-6;1-3-2;2*1-2;;;;;;;;1-5(2,3)4;;;;;;;;/h1-15H;2-6H,1H3;1-5H;1-2H3;1-2H3;1H3;7*1H4;;2*1H;;;;;;/q;;;;;;;;;;;;;;;;;2*+1;+2;2*-1/p-2. The summed E-state index contributed by atoms with van der Waals surface area (Å²) >= 11 is 27.0. The normalized spacial score (nSPS) is 7.58. The van der Waals surface area contributed by atoms with Crippen LogP contribution < -0.4 is 45.5 Å². The summed E-state index contributed by atoms with van der Waals surface area (Å²) in [7, 11) is 2.14. The average Bonchev–Trinajstić information content (AvgIpc) is 3.15. The van der Waals surface area contributed by atoms with Gasteiger partial charge in [0.05, 0.1) is 7.11 Å². The van der Waals surface area contributed by atoms with Crippen LogP contribution in [0.5, 0.6) is 5.75 Å². The molecule has 0 aliphatic heterocycles. The molecule has 0 aliphatic carbocycles. The Labute approximate surface area is 457 Å². The van der Waals surface area contributed by atoms with Crippen LogP contribution in [0.25, 0.3) is 0 Å². The molecule has 0 aromatic heterocycles. The Hall–Kier alpha value is 1.60. The maximum atomic E-state index is 13.8. The predicted molar refractivity (Wildman–Crippen MR) is 287 cm³/mol. The van der Waals surface area contributed by atoms with Crippen molar-refractivity contribution in [3.63, 3.8) is 0 Å². The Morgan fingerprint density at radius 1 is 0.517 bits per heavy atom. The third-order valence-corrected chi connectivity index (χ3v) is 8.40. The molecule has 0 unspecified atom stereocenters. The molecular formula is C43H73BrCl6Mg4O4P2. The Kier molecular flexibility index (Phi) is 107. The zero-order chi connectivity index (χ0) is 38.7. The van der Waals surface area contributed by atoms with Crippen molar-refractivity contribution < 1.29 is 46.3 Å². The van der Waals surface area contributed by atoms with Gasteiger partial charge in [0.2, 0.25) is 0 Å². The quantitative estimate of drug-likeness (QED) is 0.102. The molecule has 0 N–H and O–H groups in total. The van der Waals surface area contributed by atoms with E-state index in [1.807, 2.05) is 171 Å². The molecule has 0 atom stereocenters. The van der Waals surface area contributed by atoms with E-state index in [2.05, 4.69) is 90.5 Å². The first-order valence-electron chi connectivity index (χ1n) is 15.1. The number of halogens is 7. The minimum absolute atomic E-state index is 0. The third kappa shape index (κ3) is 53.9. The van der Waals surface area contributed by atoms with Crippen molar-refractivity contribution in [1.82, 2.24) is 0 Å². The van der Waals surface area contributed by atoms with E-state index in [-0.39, 0.29) is 103 Å². The van der Waals surface area contributed by atoms with Gasteiger partial charge in [0.15, 0.2) is 7.14 Å².